The molecule has 1 rings (SSSR count). The van der Waals surface area contributed by atoms with Crippen LogP contribution < -0.4 is 5.32 Å². The minimum absolute atomic E-state index is 0.0813. The summed E-state index contributed by atoms with van der Waals surface area (Å²) in [7, 11) is 0. The SMILES string of the molecule is CCCCNC(=O)CN1CCC(=O)CC1. The molecule has 0 bridgehead atoms. The van der Waals surface area contributed by atoms with Gasteiger partial charge in [0.2, 0.25) is 5.91 Å². The van der Waals surface area contributed by atoms with Gasteiger partial charge in [-0.3, -0.25) is 14.5 Å². The van der Waals surface area contributed by atoms with E-state index >= 15 is 0 Å². The van der Waals surface area contributed by atoms with Crippen molar-refractivity contribution in [2.24, 2.45) is 0 Å². The van der Waals surface area contributed by atoms with Crippen LogP contribution in [0.2, 0.25) is 0 Å². The van der Waals surface area contributed by atoms with E-state index in [9.17, 15) is 9.59 Å². The molecule has 1 aliphatic heterocycles. The van der Waals surface area contributed by atoms with Crippen LogP contribution in [0.4, 0.5) is 0 Å². The van der Waals surface area contributed by atoms with Gasteiger partial charge in [-0.05, 0) is 6.42 Å². The maximum Gasteiger partial charge on any atom is 0.234 e. The third-order valence-corrected chi connectivity index (χ3v) is 2.63. The van der Waals surface area contributed by atoms with Crippen LogP contribution in [0, 0.1) is 0 Å². The van der Waals surface area contributed by atoms with E-state index in [2.05, 4.69) is 12.2 Å². The van der Waals surface area contributed by atoms with E-state index in [1.54, 1.807) is 0 Å². The van der Waals surface area contributed by atoms with Crippen molar-refractivity contribution in [2.45, 2.75) is 32.6 Å². The van der Waals surface area contributed by atoms with Crippen LogP contribution in [0.5, 0.6) is 0 Å². The molecule has 0 radical (unpaired) electrons. The third-order valence-electron chi connectivity index (χ3n) is 2.63. The van der Waals surface area contributed by atoms with Crippen molar-refractivity contribution in [1.29, 1.82) is 0 Å². The molecule has 0 aromatic carbocycles. The number of piperidine rings is 1. The minimum Gasteiger partial charge on any atom is -0.355 e. The molecular weight excluding hydrogens is 192 g/mol. The molecule has 0 unspecified atom stereocenters. The predicted octanol–water partition coefficient (Wildman–Crippen LogP) is 0.568. The van der Waals surface area contributed by atoms with Crippen molar-refractivity contribution in [2.75, 3.05) is 26.2 Å². The van der Waals surface area contributed by atoms with E-state index in [0.29, 0.717) is 25.2 Å². The number of unbranched alkanes of at least 4 members (excludes halogenated alkanes) is 1. The highest BCUT2D eigenvalue weighted by Crippen LogP contribution is 2.04. The Morgan fingerprint density at radius 3 is 2.67 bits per heavy atom. The van der Waals surface area contributed by atoms with E-state index in [1.165, 1.54) is 0 Å². The molecule has 4 nitrogen and oxygen atoms in total. The van der Waals surface area contributed by atoms with Gasteiger partial charge < -0.3 is 5.32 Å². The van der Waals surface area contributed by atoms with Gasteiger partial charge in [-0.15, -0.1) is 0 Å². The van der Waals surface area contributed by atoms with Crippen LogP contribution in [0.1, 0.15) is 32.6 Å². The molecular formula is C11H20N2O2. The molecule has 1 heterocycles. The lowest BCUT2D eigenvalue weighted by atomic mass is 10.1. The second-order valence-electron chi connectivity index (χ2n) is 4.02. The van der Waals surface area contributed by atoms with Gasteiger partial charge in [0.25, 0.3) is 0 Å². The molecule has 0 spiro atoms. The first kappa shape index (κ1) is 12.2. The normalized spacial score (nSPS) is 17.8. The van der Waals surface area contributed by atoms with Gasteiger partial charge in [-0.1, -0.05) is 13.3 Å². The van der Waals surface area contributed by atoms with Crippen molar-refractivity contribution in [3.05, 3.63) is 0 Å². The van der Waals surface area contributed by atoms with Gasteiger partial charge in [-0.2, -0.15) is 0 Å². The molecule has 1 saturated heterocycles. The second kappa shape index (κ2) is 6.56. The average Bonchev–Trinajstić information content (AvgIpc) is 2.22. The zero-order valence-electron chi connectivity index (χ0n) is 9.42. The van der Waals surface area contributed by atoms with Gasteiger partial charge in [0.05, 0.1) is 6.54 Å². The van der Waals surface area contributed by atoms with Crippen molar-refractivity contribution < 1.29 is 9.59 Å². The summed E-state index contributed by atoms with van der Waals surface area (Å²) in [6.45, 7) is 4.78. The molecule has 0 atom stereocenters. The van der Waals surface area contributed by atoms with Crippen LogP contribution in [0.3, 0.4) is 0 Å². The molecule has 1 amide bonds. The maximum absolute atomic E-state index is 11.4. The Hall–Kier alpha value is -0.900. The van der Waals surface area contributed by atoms with Crippen LogP contribution in [0.15, 0.2) is 0 Å². The number of hydrogen-bond donors (Lipinski definition) is 1. The Bertz CT molecular complexity index is 219. The summed E-state index contributed by atoms with van der Waals surface area (Å²) in [4.78, 5) is 24.5. The first-order valence-corrected chi connectivity index (χ1v) is 5.73. The molecule has 1 aliphatic rings. The average molecular weight is 212 g/mol. The van der Waals surface area contributed by atoms with Gasteiger partial charge in [0, 0.05) is 32.5 Å². The fourth-order valence-corrected chi connectivity index (χ4v) is 1.62. The summed E-state index contributed by atoms with van der Waals surface area (Å²) in [6.07, 6.45) is 3.33. The maximum atomic E-state index is 11.4. The Morgan fingerprint density at radius 2 is 2.07 bits per heavy atom. The summed E-state index contributed by atoms with van der Waals surface area (Å²) in [5.41, 5.74) is 0. The zero-order valence-corrected chi connectivity index (χ0v) is 9.42. The summed E-state index contributed by atoms with van der Waals surface area (Å²) >= 11 is 0. The number of hydrogen-bond acceptors (Lipinski definition) is 3. The van der Waals surface area contributed by atoms with E-state index in [0.717, 1.165) is 32.5 Å². The number of nitrogens with one attached hydrogen (secondary N) is 1. The number of nitrogens with zero attached hydrogens (tertiary/aromatic N) is 1. The Balaban J connectivity index is 2.12. The van der Waals surface area contributed by atoms with Crippen molar-refractivity contribution >= 4 is 11.7 Å². The van der Waals surface area contributed by atoms with Crippen LogP contribution in [-0.2, 0) is 9.59 Å². The monoisotopic (exact) mass is 212 g/mol. The summed E-state index contributed by atoms with van der Waals surface area (Å²) < 4.78 is 0. The summed E-state index contributed by atoms with van der Waals surface area (Å²) in [5, 5.41) is 2.88. The van der Waals surface area contributed by atoms with Gasteiger partial charge >= 0.3 is 0 Å². The van der Waals surface area contributed by atoms with Crippen molar-refractivity contribution in [1.82, 2.24) is 10.2 Å². The highest BCUT2D eigenvalue weighted by molar-refractivity contribution is 5.81. The lowest BCUT2D eigenvalue weighted by Gasteiger charge is -2.24. The fraction of sp³-hybridized carbons (Fsp3) is 0.818. The Kier molecular flexibility index (Phi) is 5.32. The molecule has 86 valence electrons. The van der Waals surface area contributed by atoms with E-state index in [1.807, 2.05) is 4.90 Å². The lowest BCUT2D eigenvalue weighted by molar-refractivity contribution is -0.126. The van der Waals surface area contributed by atoms with Gasteiger partial charge in [0.15, 0.2) is 0 Å². The zero-order chi connectivity index (χ0) is 11.1. The standard InChI is InChI=1S/C11H20N2O2/c1-2-3-6-12-11(15)9-13-7-4-10(14)5-8-13/h2-9H2,1H3,(H,12,15). The smallest absolute Gasteiger partial charge is 0.234 e. The fourth-order valence-electron chi connectivity index (χ4n) is 1.62. The quantitative estimate of drug-likeness (QED) is 0.678. The number of ketones is 1. The number of amides is 1. The Morgan fingerprint density at radius 1 is 1.40 bits per heavy atom. The van der Waals surface area contributed by atoms with Crippen LogP contribution >= 0.6 is 0 Å². The van der Waals surface area contributed by atoms with Gasteiger partial charge in [-0.25, -0.2) is 0 Å². The molecule has 1 fully saturated rings. The number of carbonyl (C=O) groups excluding carboxylic acids is 2. The number of Topliss-reactive ketones (excluding diaryl/α,β-unsaturated/α-hetero) is 1. The van der Waals surface area contributed by atoms with E-state index in [-0.39, 0.29) is 5.91 Å². The topological polar surface area (TPSA) is 49.4 Å². The molecule has 15 heavy (non-hydrogen) atoms. The van der Waals surface area contributed by atoms with E-state index < -0.39 is 0 Å². The molecule has 1 N–H and O–H groups in total. The molecule has 4 heteroatoms. The largest absolute Gasteiger partial charge is 0.355 e. The van der Waals surface area contributed by atoms with Crippen LogP contribution in [0.25, 0.3) is 0 Å². The van der Waals surface area contributed by atoms with Gasteiger partial charge in [0.1, 0.15) is 5.78 Å². The molecule has 0 aromatic rings. The number of likely N-dealkylation sites (tertiary alicyclic amines) is 1. The minimum atomic E-state index is 0.0813. The number of carbonyl (C=O) groups is 2. The van der Waals surface area contributed by atoms with Crippen LogP contribution in [-0.4, -0.2) is 42.8 Å². The summed E-state index contributed by atoms with van der Waals surface area (Å²) in [5.74, 6) is 0.399. The molecule has 0 aromatic heterocycles. The highest BCUT2D eigenvalue weighted by atomic mass is 16.2. The van der Waals surface area contributed by atoms with Crippen molar-refractivity contribution in [3.63, 3.8) is 0 Å². The van der Waals surface area contributed by atoms with E-state index in [4.69, 9.17) is 0 Å². The molecule has 0 aliphatic carbocycles. The lowest BCUT2D eigenvalue weighted by Crippen LogP contribution is -2.41. The second-order valence-corrected chi connectivity index (χ2v) is 4.02. The van der Waals surface area contributed by atoms with Crippen molar-refractivity contribution in [3.8, 4) is 0 Å². The first-order chi connectivity index (χ1) is 7.22. The first-order valence-electron chi connectivity index (χ1n) is 5.73. The highest BCUT2D eigenvalue weighted by Gasteiger charge is 2.17. The third kappa shape index (κ3) is 4.93. The number of rotatable bonds is 5. The molecule has 0 saturated carbocycles. The Labute approximate surface area is 91.0 Å². The summed E-state index contributed by atoms with van der Waals surface area (Å²) in [6, 6.07) is 0. The predicted molar refractivity (Wildman–Crippen MR) is 58.6 cm³/mol.